The molecule has 0 saturated heterocycles. The number of fused-ring (bicyclic) bond motifs is 1. The zero-order chi connectivity index (χ0) is 21.8. The molecule has 166 valence electrons. The Morgan fingerprint density at radius 3 is 2.34 bits per heavy atom. The second-order valence-corrected chi connectivity index (χ2v) is 8.75. The third-order valence-corrected chi connectivity index (χ3v) is 5.94. The predicted octanol–water partition coefficient (Wildman–Crippen LogP) is 6.37. The summed E-state index contributed by atoms with van der Waals surface area (Å²) in [5.74, 6) is 1.33. The third kappa shape index (κ3) is 5.78. The number of aromatic nitrogens is 1. The van der Waals surface area contributed by atoms with Crippen LogP contribution in [0.2, 0.25) is 5.02 Å². The summed E-state index contributed by atoms with van der Waals surface area (Å²) in [4.78, 5) is 21.8. The number of rotatable bonds is 7. The maximum Gasteiger partial charge on any atom is 0.260 e. The molecule has 4 aromatic rings. The SMILES string of the molecule is CN(C)CCN(C(=O)c1ccc(Oc2ccccc2)cc1)c1nc2ccc(Cl)cc2s1.Cl. The molecule has 0 bridgehead atoms. The molecule has 1 amide bonds. The Bertz CT molecular complexity index is 1180. The molecule has 1 aromatic heterocycles. The van der Waals surface area contributed by atoms with E-state index in [1.54, 1.807) is 17.0 Å². The normalized spacial score (nSPS) is 10.8. The van der Waals surface area contributed by atoms with Crippen LogP contribution in [0.15, 0.2) is 72.8 Å². The molecular weight excluding hydrogens is 465 g/mol. The van der Waals surface area contributed by atoms with Gasteiger partial charge in [0.1, 0.15) is 11.5 Å². The molecule has 5 nitrogen and oxygen atoms in total. The number of ether oxygens (including phenoxy) is 1. The molecule has 0 aliphatic carbocycles. The quantitative estimate of drug-likeness (QED) is 0.303. The van der Waals surface area contributed by atoms with Gasteiger partial charge in [0, 0.05) is 23.7 Å². The largest absolute Gasteiger partial charge is 0.457 e. The number of benzene rings is 3. The zero-order valence-corrected chi connectivity index (χ0v) is 20.1. The molecule has 4 rings (SSSR count). The van der Waals surface area contributed by atoms with Gasteiger partial charge in [-0.05, 0) is 68.7 Å². The fourth-order valence-electron chi connectivity index (χ4n) is 3.03. The van der Waals surface area contributed by atoms with Gasteiger partial charge in [-0.2, -0.15) is 0 Å². The Kier molecular flexibility index (Phi) is 8.10. The third-order valence-electron chi connectivity index (χ3n) is 4.67. The predicted molar refractivity (Wildman–Crippen MR) is 135 cm³/mol. The first-order valence-corrected chi connectivity index (χ1v) is 11.0. The lowest BCUT2D eigenvalue weighted by Gasteiger charge is -2.22. The molecule has 32 heavy (non-hydrogen) atoms. The summed E-state index contributed by atoms with van der Waals surface area (Å²) in [6, 6.07) is 22.3. The van der Waals surface area contributed by atoms with Gasteiger partial charge in [-0.1, -0.05) is 41.1 Å². The van der Waals surface area contributed by atoms with Crippen LogP contribution in [-0.4, -0.2) is 43.0 Å². The van der Waals surface area contributed by atoms with Gasteiger partial charge in [-0.15, -0.1) is 12.4 Å². The lowest BCUT2D eigenvalue weighted by molar-refractivity contribution is 0.0985. The van der Waals surface area contributed by atoms with Crippen molar-refractivity contribution in [2.75, 3.05) is 32.1 Å². The van der Waals surface area contributed by atoms with Crippen LogP contribution in [0.5, 0.6) is 11.5 Å². The molecule has 0 N–H and O–H groups in total. The van der Waals surface area contributed by atoms with Crippen molar-refractivity contribution in [1.82, 2.24) is 9.88 Å². The van der Waals surface area contributed by atoms with Crippen LogP contribution in [0.3, 0.4) is 0 Å². The molecule has 0 unspecified atom stereocenters. The van der Waals surface area contributed by atoms with Gasteiger partial charge < -0.3 is 9.64 Å². The van der Waals surface area contributed by atoms with Gasteiger partial charge in [0.15, 0.2) is 5.13 Å². The van der Waals surface area contributed by atoms with E-state index in [4.69, 9.17) is 16.3 Å². The molecular formula is C24H23Cl2N3O2S. The minimum atomic E-state index is -0.0988. The Balaban J connectivity index is 0.00000289. The van der Waals surface area contributed by atoms with E-state index in [1.807, 2.05) is 79.7 Å². The van der Waals surface area contributed by atoms with E-state index in [0.29, 0.717) is 28.0 Å². The van der Waals surface area contributed by atoms with Crippen LogP contribution in [0.4, 0.5) is 5.13 Å². The summed E-state index contributed by atoms with van der Waals surface area (Å²) in [6.07, 6.45) is 0. The minimum absolute atomic E-state index is 0. The summed E-state index contributed by atoms with van der Waals surface area (Å²) in [6.45, 7) is 1.25. The highest BCUT2D eigenvalue weighted by molar-refractivity contribution is 7.22. The molecule has 0 radical (unpaired) electrons. The number of hydrogen-bond donors (Lipinski definition) is 0. The van der Waals surface area contributed by atoms with Crippen molar-refractivity contribution in [3.8, 4) is 11.5 Å². The molecule has 8 heteroatoms. The molecule has 0 aliphatic rings. The molecule has 0 fully saturated rings. The molecule has 3 aromatic carbocycles. The van der Waals surface area contributed by atoms with E-state index in [9.17, 15) is 4.79 Å². The number of carbonyl (C=O) groups is 1. The molecule has 1 heterocycles. The van der Waals surface area contributed by atoms with Crippen LogP contribution >= 0.6 is 35.3 Å². The van der Waals surface area contributed by atoms with Crippen molar-refractivity contribution < 1.29 is 9.53 Å². The van der Waals surface area contributed by atoms with Gasteiger partial charge in [0.25, 0.3) is 5.91 Å². The number of hydrogen-bond acceptors (Lipinski definition) is 5. The Labute approximate surface area is 202 Å². The highest BCUT2D eigenvalue weighted by atomic mass is 35.5. The zero-order valence-electron chi connectivity index (χ0n) is 17.7. The van der Waals surface area contributed by atoms with Crippen LogP contribution in [-0.2, 0) is 0 Å². The van der Waals surface area contributed by atoms with E-state index < -0.39 is 0 Å². The molecule has 0 saturated carbocycles. The number of thiazole rings is 1. The summed E-state index contributed by atoms with van der Waals surface area (Å²) >= 11 is 7.59. The molecule has 0 atom stereocenters. The van der Waals surface area contributed by atoms with Crippen molar-refractivity contribution >= 4 is 56.6 Å². The van der Waals surface area contributed by atoms with Crippen LogP contribution < -0.4 is 9.64 Å². The fourth-order valence-corrected chi connectivity index (χ4v) is 4.30. The van der Waals surface area contributed by atoms with E-state index in [0.717, 1.165) is 22.5 Å². The van der Waals surface area contributed by atoms with Crippen molar-refractivity contribution in [2.24, 2.45) is 0 Å². The molecule has 0 aliphatic heterocycles. The maximum absolute atomic E-state index is 13.4. The summed E-state index contributed by atoms with van der Waals surface area (Å²) < 4.78 is 6.79. The number of para-hydroxylation sites is 1. The van der Waals surface area contributed by atoms with E-state index in [1.165, 1.54) is 11.3 Å². The Morgan fingerprint density at radius 1 is 0.969 bits per heavy atom. The van der Waals surface area contributed by atoms with Crippen molar-refractivity contribution in [1.29, 1.82) is 0 Å². The average Bonchev–Trinajstić information content (AvgIpc) is 3.17. The smallest absolute Gasteiger partial charge is 0.260 e. The van der Waals surface area contributed by atoms with Crippen LogP contribution in [0.1, 0.15) is 10.4 Å². The highest BCUT2D eigenvalue weighted by Crippen LogP contribution is 2.32. The molecule has 0 spiro atoms. The summed E-state index contributed by atoms with van der Waals surface area (Å²) in [7, 11) is 3.97. The lowest BCUT2D eigenvalue weighted by atomic mass is 10.2. The van der Waals surface area contributed by atoms with Gasteiger partial charge in [-0.3, -0.25) is 9.69 Å². The first kappa shape index (κ1) is 24.0. The maximum atomic E-state index is 13.4. The van der Waals surface area contributed by atoms with Crippen molar-refractivity contribution in [3.05, 3.63) is 83.4 Å². The van der Waals surface area contributed by atoms with Gasteiger partial charge in [0.05, 0.1) is 10.2 Å². The standard InChI is InChI=1S/C24H22ClN3O2S.ClH/c1-27(2)14-15-28(24-26-21-13-10-18(25)16-22(21)31-24)23(29)17-8-11-20(12-9-17)30-19-6-4-3-5-7-19;/h3-13,16H,14-15H2,1-2H3;1H. The van der Waals surface area contributed by atoms with Gasteiger partial charge in [0.2, 0.25) is 0 Å². The van der Waals surface area contributed by atoms with Crippen molar-refractivity contribution in [3.63, 3.8) is 0 Å². The van der Waals surface area contributed by atoms with E-state index >= 15 is 0 Å². The second kappa shape index (κ2) is 10.8. The number of halogens is 2. The Hall–Kier alpha value is -2.64. The number of likely N-dealkylation sites (N-methyl/N-ethyl adjacent to an activating group) is 1. The fraction of sp³-hybridized carbons (Fsp3) is 0.167. The van der Waals surface area contributed by atoms with Crippen LogP contribution in [0, 0.1) is 0 Å². The van der Waals surface area contributed by atoms with E-state index in [-0.39, 0.29) is 18.3 Å². The van der Waals surface area contributed by atoms with Gasteiger partial charge >= 0.3 is 0 Å². The summed E-state index contributed by atoms with van der Waals surface area (Å²) in [5, 5.41) is 1.32. The number of carbonyl (C=O) groups excluding carboxylic acids is 1. The number of amides is 1. The monoisotopic (exact) mass is 487 g/mol. The highest BCUT2D eigenvalue weighted by Gasteiger charge is 2.21. The average molecular weight is 488 g/mol. The van der Waals surface area contributed by atoms with E-state index in [2.05, 4.69) is 4.98 Å². The Morgan fingerprint density at radius 2 is 1.66 bits per heavy atom. The minimum Gasteiger partial charge on any atom is -0.457 e. The number of anilines is 1. The summed E-state index contributed by atoms with van der Waals surface area (Å²) in [5.41, 5.74) is 1.41. The lowest BCUT2D eigenvalue weighted by Crippen LogP contribution is -2.36. The van der Waals surface area contributed by atoms with Crippen molar-refractivity contribution in [2.45, 2.75) is 0 Å². The first-order chi connectivity index (χ1) is 15.0. The van der Waals surface area contributed by atoms with Gasteiger partial charge in [-0.25, -0.2) is 4.98 Å². The topological polar surface area (TPSA) is 45.7 Å². The number of nitrogens with zero attached hydrogens (tertiary/aromatic N) is 3. The van der Waals surface area contributed by atoms with Crippen LogP contribution in [0.25, 0.3) is 10.2 Å². The first-order valence-electron chi connectivity index (χ1n) is 9.85. The second-order valence-electron chi connectivity index (χ2n) is 7.31.